The van der Waals surface area contributed by atoms with Gasteiger partial charge in [-0.25, -0.2) is 0 Å². The normalized spacial score (nSPS) is 46.7. The maximum absolute atomic E-state index is 12.7. The Labute approximate surface area is 114 Å². The summed E-state index contributed by atoms with van der Waals surface area (Å²) in [5.41, 5.74) is 0. The molecule has 5 atom stereocenters. The van der Waals surface area contributed by atoms with Crippen LogP contribution in [-0.2, 0) is 4.79 Å². The molecule has 4 aliphatic heterocycles. The van der Waals surface area contributed by atoms with Gasteiger partial charge in [-0.3, -0.25) is 9.69 Å². The fraction of sp³-hybridized carbons (Fsp3) is 0.933. The molecule has 19 heavy (non-hydrogen) atoms. The highest BCUT2D eigenvalue weighted by atomic mass is 16.3. The molecule has 0 aromatic rings. The van der Waals surface area contributed by atoms with Crippen LogP contribution in [0.4, 0.5) is 0 Å². The Morgan fingerprint density at radius 1 is 1.05 bits per heavy atom. The Balaban J connectivity index is 1.64. The third kappa shape index (κ3) is 1.76. The lowest BCUT2D eigenvalue weighted by atomic mass is 9.70. The van der Waals surface area contributed by atoms with Gasteiger partial charge in [-0.1, -0.05) is 0 Å². The molecule has 0 radical (unpaired) electrons. The van der Waals surface area contributed by atoms with Gasteiger partial charge in [-0.2, -0.15) is 0 Å². The second-order valence-corrected chi connectivity index (χ2v) is 6.87. The summed E-state index contributed by atoms with van der Waals surface area (Å²) in [6.45, 7) is 1.99. The first-order valence-corrected chi connectivity index (χ1v) is 8.00. The molecule has 4 rings (SSSR count). The van der Waals surface area contributed by atoms with Crippen molar-refractivity contribution in [3.63, 3.8) is 0 Å². The highest BCUT2D eigenvalue weighted by Crippen LogP contribution is 2.44. The van der Waals surface area contributed by atoms with Crippen molar-refractivity contribution in [1.82, 2.24) is 9.80 Å². The SMILES string of the molecule is O=C1C2CC(CN3C(O)CCCC23)C2CCCCN12. The van der Waals surface area contributed by atoms with Crippen LogP contribution in [0.2, 0.25) is 0 Å². The molecule has 0 aliphatic carbocycles. The molecule has 1 amide bonds. The van der Waals surface area contributed by atoms with Crippen LogP contribution >= 0.6 is 0 Å². The smallest absolute Gasteiger partial charge is 0.227 e. The number of hydrogen-bond acceptors (Lipinski definition) is 3. The maximum atomic E-state index is 12.7. The van der Waals surface area contributed by atoms with Gasteiger partial charge in [0.15, 0.2) is 0 Å². The summed E-state index contributed by atoms with van der Waals surface area (Å²) in [4.78, 5) is 17.2. The largest absolute Gasteiger partial charge is 0.378 e. The van der Waals surface area contributed by atoms with Gasteiger partial charge in [0.05, 0.1) is 5.92 Å². The van der Waals surface area contributed by atoms with E-state index in [9.17, 15) is 9.90 Å². The summed E-state index contributed by atoms with van der Waals surface area (Å²) >= 11 is 0. The number of carbonyl (C=O) groups excluding carboxylic acids is 1. The van der Waals surface area contributed by atoms with Crippen LogP contribution in [-0.4, -0.2) is 52.2 Å². The minimum atomic E-state index is -0.299. The molecule has 4 aliphatic rings. The fourth-order valence-corrected chi connectivity index (χ4v) is 5.06. The van der Waals surface area contributed by atoms with E-state index in [1.807, 2.05) is 0 Å². The second-order valence-electron chi connectivity index (χ2n) is 6.87. The van der Waals surface area contributed by atoms with E-state index in [2.05, 4.69) is 9.80 Å². The minimum Gasteiger partial charge on any atom is -0.378 e. The highest BCUT2D eigenvalue weighted by Gasteiger charge is 2.52. The number of fused-ring (bicyclic) bond motifs is 6. The van der Waals surface area contributed by atoms with Crippen LogP contribution in [0.3, 0.4) is 0 Å². The van der Waals surface area contributed by atoms with Gasteiger partial charge in [0.25, 0.3) is 0 Å². The summed E-state index contributed by atoms with van der Waals surface area (Å²) in [5, 5.41) is 10.2. The van der Waals surface area contributed by atoms with Gasteiger partial charge in [0.1, 0.15) is 6.23 Å². The quantitative estimate of drug-likeness (QED) is 0.715. The molecule has 0 saturated carbocycles. The maximum Gasteiger partial charge on any atom is 0.227 e. The lowest BCUT2D eigenvalue weighted by Gasteiger charge is -2.57. The predicted octanol–water partition coefficient (Wildman–Crippen LogP) is 1.19. The molecule has 2 bridgehead atoms. The van der Waals surface area contributed by atoms with E-state index < -0.39 is 0 Å². The lowest BCUT2D eigenvalue weighted by molar-refractivity contribution is -0.172. The Morgan fingerprint density at radius 3 is 2.79 bits per heavy atom. The van der Waals surface area contributed by atoms with Gasteiger partial charge in [-0.15, -0.1) is 0 Å². The molecule has 0 spiro atoms. The molecule has 1 N–H and O–H groups in total. The van der Waals surface area contributed by atoms with Crippen molar-refractivity contribution >= 4 is 5.91 Å². The first-order valence-electron chi connectivity index (χ1n) is 8.00. The number of piperidine rings is 4. The molecule has 4 heterocycles. The van der Waals surface area contributed by atoms with Gasteiger partial charge in [0.2, 0.25) is 5.91 Å². The Morgan fingerprint density at radius 2 is 1.89 bits per heavy atom. The zero-order chi connectivity index (χ0) is 13.0. The van der Waals surface area contributed by atoms with E-state index in [4.69, 9.17) is 0 Å². The Bertz CT molecular complexity index is 386. The molecule has 4 nitrogen and oxygen atoms in total. The summed E-state index contributed by atoms with van der Waals surface area (Å²) in [5.74, 6) is 1.17. The van der Waals surface area contributed by atoms with Gasteiger partial charge >= 0.3 is 0 Å². The lowest BCUT2D eigenvalue weighted by Crippen LogP contribution is -2.67. The molecular weight excluding hydrogens is 240 g/mol. The fourth-order valence-electron chi connectivity index (χ4n) is 5.06. The summed E-state index contributed by atoms with van der Waals surface area (Å²) in [6, 6.07) is 0.781. The molecule has 0 aromatic carbocycles. The van der Waals surface area contributed by atoms with Crippen molar-refractivity contribution in [2.75, 3.05) is 13.1 Å². The number of aliphatic hydroxyl groups excluding tert-OH is 1. The van der Waals surface area contributed by atoms with E-state index in [1.165, 1.54) is 19.3 Å². The molecular formula is C15H24N2O2. The number of carbonyl (C=O) groups is 1. The van der Waals surface area contributed by atoms with Crippen LogP contribution in [0.15, 0.2) is 0 Å². The minimum absolute atomic E-state index is 0.169. The van der Waals surface area contributed by atoms with Crippen molar-refractivity contribution in [3.8, 4) is 0 Å². The van der Waals surface area contributed by atoms with Crippen LogP contribution in [0.5, 0.6) is 0 Å². The van der Waals surface area contributed by atoms with E-state index >= 15 is 0 Å². The summed E-state index contributed by atoms with van der Waals surface area (Å²) in [6.07, 6.45) is 7.45. The topological polar surface area (TPSA) is 43.8 Å². The van der Waals surface area contributed by atoms with Gasteiger partial charge < -0.3 is 10.0 Å². The first-order chi connectivity index (χ1) is 9.25. The van der Waals surface area contributed by atoms with Crippen molar-refractivity contribution in [2.24, 2.45) is 11.8 Å². The van der Waals surface area contributed by atoms with Crippen molar-refractivity contribution in [2.45, 2.75) is 63.3 Å². The van der Waals surface area contributed by atoms with E-state index in [1.54, 1.807) is 0 Å². The van der Waals surface area contributed by atoms with Crippen LogP contribution in [0.1, 0.15) is 44.9 Å². The van der Waals surface area contributed by atoms with E-state index in [-0.39, 0.29) is 12.1 Å². The number of hydrogen-bond donors (Lipinski definition) is 1. The Kier molecular flexibility index (Phi) is 2.85. The zero-order valence-electron chi connectivity index (χ0n) is 11.5. The molecule has 0 aromatic heterocycles. The van der Waals surface area contributed by atoms with Crippen molar-refractivity contribution in [1.29, 1.82) is 0 Å². The van der Waals surface area contributed by atoms with Crippen LogP contribution in [0.25, 0.3) is 0 Å². The number of nitrogens with zero attached hydrogens (tertiary/aromatic N) is 2. The zero-order valence-corrected chi connectivity index (χ0v) is 11.5. The van der Waals surface area contributed by atoms with Crippen molar-refractivity contribution in [3.05, 3.63) is 0 Å². The van der Waals surface area contributed by atoms with Crippen molar-refractivity contribution < 1.29 is 9.90 Å². The number of rotatable bonds is 0. The third-order valence-corrected chi connectivity index (χ3v) is 5.93. The summed E-state index contributed by atoms with van der Waals surface area (Å²) in [7, 11) is 0. The highest BCUT2D eigenvalue weighted by molar-refractivity contribution is 5.81. The monoisotopic (exact) mass is 264 g/mol. The number of amides is 1. The van der Waals surface area contributed by atoms with Crippen LogP contribution < -0.4 is 0 Å². The first kappa shape index (κ1) is 12.2. The standard InChI is InChI=1S/C15H24N2O2/c18-14-6-3-5-13-11-8-10(9-17(13)14)12-4-1-2-7-16(12)15(11)19/h10-14,18H,1-9H2. The summed E-state index contributed by atoms with van der Waals surface area (Å²) < 4.78 is 0. The van der Waals surface area contributed by atoms with Crippen LogP contribution in [0, 0.1) is 11.8 Å². The van der Waals surface area contributed by atoms with E-state index in [0.717, 1.165) is 38.8 Å². The molecule has 5 unspecified atom stereocenters. The van der Waals surface area contributed by atoms with Gasteiger partial charge in [0, 0.05) is 25.2 Å². The molecule has 4 heteroatoms. The molecule has 106 valence electrons. The predicted molar refractivity (Wildman–Crippen MR) is 71.3 cm³/mol. The average Bonchev–Trinajstić information content (AvgIpc) is 2.45. The molecule has 4 fully saturated rings. The van der Waals surface area contributed by atoms with Gasteiger partial charge in [-0.05, 0) is 50.9 Å². The third-order valence-electron chi connectivity index (χ3n) is 5.93. The second kappa shape index (κ2) is 4.45. The van der Waals surface area contributed by atoms with E-state index in [0.29, 0.717) is 23.9 Å². The number of aliphatic hydroxyl groups is 1. The average molecular weight is 264 g/mol. The molecule has 4 saturated heterocycles. The Hall–Kier alpha value is -0.610.